The van der Waals surface area contributed by atoms with Gasteiger partial charge in [-0.2, -0.15) is 0 Å². The third kappa shape index (κ3) is 2.99. The molecule has 1 aromatic rings. The van der Waals surface area contributed by atoms with Crippen molar-refractivity contribution in [2.75, 3.05) is 31.1 Å². The van der Waals surface area contributed by atoms with E-state index in [0.29, 0.717) is 19.6 Å². The minimum absolute atomic E-state index is 0.270. The lowest BCUT2D eigenvalue weighted by Gasteiger charge is -2.36. The highest BCUT2D eigenvalue weighted by molar-refractivity contribution is 7.15. The maximum Gasteiger partial charge on any atom is 0.312 e. The second-order valence-corrected chi connectivity index (χ2v) is 7.88. The first-order valence-electron chi connectivity index (χ1n) is 8.89. The minimum Gasteiger partial charge on any atom is -0.347 e. The predicted octanol–water partition coefficient (Wildman–Crippen LogP) is 1.25. The average Bonchev–Trinajstić information content (AvgIpc) is 3.32. The van der Waals surface area contributed by atoms with E-state index in [0.717, 1.165) is 48.9 Å². The number of carbonyl (C=O) groups excluding carboxylic acids is 2. The van der Waals surface area contributed by atoms with E-state index < -0.39 is 0 Å². The van der Waals surface area contributed by atoms with Crippen LogP contribution in [0.1, 0.15) is 43.5 Å². The molecular formula is C16H23N5O2S. The van der Waals surface area contributed by atoms with Crippen molar-refractivity contribution in [3.05, 3.63) is 5.01 Å². The molecule has 8 heteroatoms. The maximum atomic E-state index is 12.4. The van der Waals surface area contributed by atoms with Crippen LogP contribution >= 0.6 is 11.3 Å². The van der Waals surface area contributed by atoms with E-state index >= 15 is 0 Å². The third-order valence-corrected chi connectivity index (χ3v) is 6.23. The van der Waals surface area contributed by atoms with E-state index in [1.165, 1.54) is 24.2 Å². The maximum absolute atomic E-state index is 12.4. The number of aromatic nitrogens is 2. The quantitative estimate of drug-likeness (QED) is 0.765. The van der Waals surface area contributed by atoms with Gasteiger partial charge in [-0.15, -0.1) is 10.2 Å². The van der Waals surface area contributed by atoms with E-state index in [1.807, 2.05) is 0 Å². The van der Waals surface area contributed by atoms with Gasteiger partial charge in [-0.3, -0.25) is 9.59 Å². The average molecular weight is 349 g/mol. The Labute approximate surface area is 145 Å². The van der Waals surface area contributed by atoms with Crippen LogP contribution in [0.25, 0.3) is 0 Å². The topological polar surface area (TPSA) is 69.6 Å². The molecule has 1 aromatic heterocycles. The van der Waals surface area contributed by atoms with Gasteiger partial charge in [-0.05, 0) is 25.7 Å². The molecule has 4 rings (SSSR count). The Morgan fingerprint density at radius 2 is 1.67 bits per heavy atom. The summed E-state index contributed by atoms with van der Waals surface area (Å²) in [5.74, 6) is -0.719. The molecule has 0 radical (unpaired) electrons. The standard InChI is InChI=1S/C16H23N5O2S/c22-14-15(23)21(12-5-1-2-6-12)10-9-20(14)11-13-17-18-16(24-13)19-7-3-4-8-19/h12H,1-11H2. The summed E-state index contributed by atoms with van der Waals surface area (Å²) >= 11 is 1.54. The zero-order valence-electron chi connectivity index (χ0n) is 13.8. The van der Waals surface area contributed by atoms with Gasteiger partial charge in [0.25, 0.3) is 0 Å². The molecule has 0 bridgehead atoms. The van der Waals surface area contributed by atoms with Crippen molar-refractivity contribution in [3.63, 3.8) is 0 Å². The Morgan fingerprint density at radius 3 is 2.42 bits per heavy atom. The molecule has 2 amide bonds. The fourth-order valence-corrected chi connectivity index (χ4v) is 4.82. The molecule has 3 heterocycles. The highest BCUT2D eigenvalue weighted by atomic mass is 32.1. The van der Waals surface area contributed by atoms with Crippen LogP contribution in [0.2, 0.25) is 0 Å². The molecule has 1 saturated carbocycles. The third-order valence-electron chi connectivity index (χ3n) is 5.27. The molecule has 2 saturated heterocycles. The number of anilines is 1. The van der Waals surface area contributed by atoms with Gasteiger partial charge in [0, 0.05) is 32.2 Å². The zero-order chi connectivity index (χ0) is 16.5. The highest BCUT2D eigenvalue weighted by Crippen LogP contribution is 2.27. The highest BCUT2D eigenvalue weighted by Gasteiger charge is 2.37. The molecule has 0 unspecified atom stereocenters. The number of piperazine rings is 1. The lowest BCUT2D eigenvalue weighted by molar-refractivity contribution is -0.158. The number of nitrogens with zero attached hydrogens (tertiary/aromatic N) is 5. The monoisotopic (exact) mass is 349 g/mol. The van der Waals surface area contributed by atoms with Crippen molar-refractivity contribution >= 4 is 28.3 Å². The number of rotatable bonds is 4. The van der Waals surface area contributed by atoms with Crippen molar-refractivity contribution in [1.29, 1.82) is 0 Å². The van der Waals surface area contributed by atoms with Crippen LogP contribution in [-0.2, 0) is 16.1 Å². The molecule has 24 heavy (non-hydrogen) atoms. The Bertz CT molecular complexity index is 622. The van der Waals surface area contributed by atoms with Crippen LogP contribution in [-0.4, -0.2) is 64.0 Å². The molecule has 0 spiro atoms. The van der Waals surface area contributed by atoms with Crippen molar-refractivity contribution < 1.29 is 9.59 Å². The Morgan fingerprint density at radius 1 is 0.917 bits per heavy atom. The molecule has 3 aliphatic rings. The van der Waals surface area contributed by atoms with Crippen LogP contribution in [0, 0.1) is 0 Å². The van der Waals surface area contributed by atoms with Gasteiger partial charge in [0.15, 0.2) is 0 Å². The van der Waals surface area contributed by atoms with Gasteiger partial charge in [0.2, 0.25) is 5.13 Å². The van der Waals surface area contributed by atoms with Gasteiger partial charge >= 0.3 is 11.8 Å². The molecule has 1 aliphatic carbocycles. The molecule has 3 fully saturated rings. The SMILES string of the molecule is O=C1C(=O)N(C2CCCC2)CCN1Cc1nnc(N2CCCC2)s1. The van der Waals surface area contributed by atoms with Gasteiger partial charge < -0.3 is 14.7 Å². The molecule has 2 aliphatic heterocycles. The number of hydrogen-bond acceptors (Lipinski definition) is 6. The summed E-state index contributed by atoms with van der Waals surface area (Å²) in [7, 11) is 0. The van der Waals surface area contributed by atoms with Crippen LogP contribution in [0.3, 0.4) is 0 Å². The summed E-state index contributed by atoms with van der Waals surface area (Å²) in [6.45, 7) is 3.71. The zero-order valence-corrected chi connectivity index (χ0v) is 14.6. The molecule has 0 atom stereocenters. The Kier molecular flexibility index (Phi) is 4.39. The first kappa shape index (κ1) is 15.8. The van der Waals surface area contributed by atoms with Gasteiger partial charge in [0.1, 0.15) is 5.01 Å². The van der Waals surface area contributed by atoms with Crippen LogP contribution in [0.4, 0.5) is 5.13 Å². The lowest BCUT2D eigenvalue weighted by Crippen LogP contribution is -2.56. The fraction of sp³-hybridized carbons (Fsp3) is 0.750. The van der Waals surface area contributed by atoms with Crippen molar-refractivity contribution in [2.45, 2.75) is 51.1 Å². The van der Waals surface area contributed by atoms with Gasteiger partial charge in [-0.25, -0.2) is 0 Å². The van der Waals surface area contributed by atoms with Gasteiger partial charge in [-0.1, -0.05) is 24.2 Å². The molecule has 7 nitrogen and oxygen atoms in total. The first-order valence-corrected chi connectivity index (χ1v) is 9.71. The second-order valence-electron chi connectivity index (χ2n) is 6.84. The summed E-state index contributed by atoms with van der Waals surface area (Å²) in [5, 5.41) is 10.2. The van der Waals surface area contributed by atoms with E-state index in [9.17, 15) is 9.59 Å². The van der Waals surface area contributed by atoms with Crippen LogP contribution in [0.15, 0.2) is 0 Å². The fourth-order valence-electron chi connectivity index (χ4n) is 3.91. The number of hydrogen-bond donors (Lipinski definition) is 0. The second kappa shape index (κ2) is 6.66. The summed E-state index contributed by atoms with van der Waals surface area (Å²) in [6.07, 6.45) is 6.80. The number of carbonyl (C=O) groups is 2. The van der Waals surface area contributed by atoms with E-state index in [-0.39, 0.29) is 17.9 Å². The number of amides is 2. The summed E-state index contributed by atoms with van der Waals surface area (Å²) < 4.78 is 0. The Balaban J connectivity index is 1.38. The largest absolute Gasteiger partial charge is 0.347 e. The van der Waals surface area contributed by atoms with Crippen molar-refractivity contribution in [3.8, 4) is 0 Å². The molecule has 0 N–H and O–H groups in total. The molecular weight excluding hydrogens is 326 g/mol. The van der Waals surface area contributed by atoms with E-state index in [4.69, 9.17) is 0 Å². The normalized spacial score (nSPS) is 22.9. The lowest BCUT2D eigenvalue weighted by atomic mass is 10.1. The summed E-state index contributed by atoms with van der Waals surface area (Å²) in [5.41, 5.74) is 0. The van der Waals surface area contributed by atoms with Crippen LogP contribution in [0.5, 0.6) is 0 Å². The smallest absolute Gasteiger partial charge is 0.312 e. The van der Waals surface area contributed by atoms with Gasteiger partial charge in [0.05, 0.1) is 6.54 Å². The van der Waals surface area contributed by atoms with E-state index in [2.05, 4.69) is 15.1 Å². The van der Waals surface area contributed by atoms with Crippen molar-refractivity contribution in [1.82, 2.24) is 20.0 Å². The first-order chi connectivity index (χ1) is 11.7. The Hall–Kier alpha value is -1.70. The molecule has 130 valence electrons. The summed E-state index contributed by atoms with van der Waals surface area (Å²) in [6, 6.07) is 0.270. The molecule has 0 aromatic carbocycles. The predicted molar refractivity (Wildman–Crippen MR) is 90.7 cm³/mol. The minimum atomic E-state index is -0.383. The van der Waals surface area contributed by atoms with Crippen LogP contribution < -0.4 is 4.90 Å². The summed E-state index contributed by atoms with van der Waals surface area (Å²) in [4.78, 5) is 30.5. The van der Waals surface area contributed by atoms with E-state index in [1.54, 1.807) is 9.80 Å². The van der Waals surface area contributed by atoms with Crippen molar-refractivity contribution in [2.24, 2.45) is 0 Å².